The monoisotopic (exact) mass is 980 g/mol. The SMILES string of the molecule is CCCCCCCCCCCCCCC/C=C/[C@@H](O)[C@H](CO[C@@H]1O[C@H](CO)[C@@H](O)C(O)C1O)NC(=O)CCCCCCCCCCCCCCCCCCCCCCCCCCCCCCCCC. The van der Waals surface area contributed by atoms with Crippen LogP contribution in [0.25, 0.3) is 0 Å². The van der Waals surface area contributed by atoms with E-state index in [0.717, 1.165) is 38.5 Å². The maximum absolute atomic E-state index is 13.1. The van der Waals surface area contributed by atoms with Crippen LogP contribution >= 0.6 is 0 Å². The number of amides is 1. The molecule has 2 unspecified atom stereocenters. The van der Waals surface area contributed by atoms with Gasteiger partial charge in [-0.3, -0.25) is 4.79 Å². The number of hydrogen-bond donors (Lipinski definition) is 6. The van der Waals surface area contributed by atoms with Crippen molar-refractivity contribution in [3.63, 3.8) is 0 Å². The van der Waals surface area contributed by atoms with Crippen LogP contribution in [0.15, 0.2) is 12.2 Å². The minimum Gasteiger partial charge on any atom is -0.394 e. The Morgan fingerprint density at radius 2 is 0.797 bits per heavy atom. The molecule has 9 nitrogen and oxygen atoms in total. The van der Waals surface area contributed by atoms with E-state index in [2.05, 4.69) is 19.2 Å². The van der Waals surface area contributed by atoms with Gasteiger partial charge in [-0.05, 0) is 19.3 Å². The van der Waals surface area contributed by atoms with E-state index in [4.69, 9.17) is 9.47 Å². The fourth-order valence-electron chi connectivity index (χ4n) is 10.0. The largest absolute Gasteiger partial charge is 0.394 e. The Hall–Kier alpha value is -1.07. The van der Waals surface area contributed by atoms with E-state index >= 15 is 0 Å². The summed E-state index contributed by atoms with van der Waals surface area (Å²) >= 11 is 0. The van der Waals surface area contributed by atoms with Gasteiger partial charge in [0.15, 0.2) is 6.29 Å². The van der Waals surface area contributed by atoms with Crippen molar-refractivity contribution in [1.29, 1.82) is 0 Å². The van der Waals surface area contributed by atoms with Gasteiger partial charge < -0.3 is 40.3 Å². The highest BCUT2D eigenvalue weighted by Gasteiger charge is 2.44. The lowest BCUT2D eigenvalue weighted by Crippen LogP contribution is -2.60. The molecule has 0 bridgehead atoms. The maximum Gasteiger partial charge on any atom is 0.220 e. The number of allylic oxidation sites excluding steroid dienone is 1. The highest BCUT2D eigenvalue weighted by molar-refractivity contribution is 5.76. The first kappa shape index (κ1) is 65.9. The van der Waals surface area contributed by atoms with Crippen LogP contribution in [0.1, 0.15) is 309 Å². The summed E-state index contributed by atoms with van der Waals surface area (Å²) in [5.74, 6) is -0.170. The Morgan fingerprint density at radius 1 is 0.478 bits per heavy atom. The van der Waals surface area contributed by atoms with Crippen molar-refractivity contribution >= 4 is 5.91 Å². The standard InChI is InChI=1S/C60H117NO8/c1-3-5-7-9-11-13-15-17-19-20-21-22-23-24-25-26-27-28-29-30-31-32-33-34-36-38-40-42-44-46-48-50-56(64)61-53(52-68-60-59(67)58(66)57(65)55(51-62)69-60)54(63)49-47-45-43-41-39-37-35-18-16-14-12-10-8-6-4-2/h47,49,53-55,57-60,62-63,65-67H,3-46,48,50-52H2,1-2H3,(H,61,64)/b49-47+/t53-,54+,55+,57+,58?,59?,60+/m0/s1. The third-order valence-corrected chi connectivity index (χ3v) is 14.9. The summed E-state index contributed by atoms with van der Waals surface area (Å²) in [6, 6.07) is -0.800. The quantitative estimate of drug-likeness (QED) is 0.0261. The lowest BCUT2D eigenvalue weighted by Gasteiger charge is -2.40. The molecule has 1 saturated heterocycles. The van der Waals surface area contributed by atoms with Crippen LogP contribution in [0.3, 0.4) is 0 Å². The van der Waals surface area contributed by atoms with Crippen LogP contribution in [-0.4, -0.2) is 87.5 Å². The second-order valence-electron chi connectivity index (χ2n) is 21.5. The summed E-state index contributed by atoms with van der Waals surface area (Å²) in [5, 5.41) is 54.5. The van der Waals surface area contributed by atoms with Gasteiger partial charge in [-0.2, -0.15) is 0 Å². The number of rotatable bonds is 53. The third kappa shape index (κ3) is 40.1. The molecule has 69 heavy (non-hydrogen) atoms. The summed E-state index contributed by atoms with van der Waals surface area (Å²) < 4.78 is 11.3. The summed E-state index contributed by atoms with van der Waals surface area (Å²) in [4.78, 5) is 13.1. The molecule has 0 radical (unpaired) electrons. The van der Waals surface area contributed by atoms with E-state index in [1.54, 1.807) is 6.08 Å². The Labute approximate surface area is 426 Å². The van der Waals surface area contributed by atoms with E-state index in [0.29, 0.717) is 6.42 Å². The fourth-order valence-corrected chi connectivity index (χ4v) is 10.0. The van der Waals surface area contributed by atoms with Crippen LogP contribution < -0.4 is 5.32 Å². The van der Waals surface area contributed by atoms with Gasteiger partial charge in [0.25, 0.3) is 0 Å². The molecule has 0 aromatic rings. The van der Waals surface area contributed by atoms with E-state index < -0.39 is 49.5 Å². The average molecular weight is 981 g/mol. The minimum absolute atomic E-state index is 0.170. The predicted octanol–water partition coefficient (Wildman–Crippen LogP) is 15.2. The molecule has 1 aliphatic rings. The molecule has 1 fully saturated rings. The van der Waals surface area contributed by atoms with Crippen molar-refractivity contribution in [3.8, 4) is 0 Å². The summed E-state index contributed by atoms with van der Waals surface area (Å²) in [5.41, 5.74) is 0. The summed E-state index contributed by atoms with van der Waals surface area (Å²) in [6.07, 6.45) is 55.9. The molecule has 0 aromatic carbocycles. The molecular formula is C60H117NO8. The Kier molecular flexibility index (Phi) is 48.2. The zero-order chi connectivity index (χ0) is 50.1. The number of carbonyl (C=O) groups is 1. The lowest BCUT2D eigenvalue weighted by atomic mass is 9.99. The molecule has 410 valence electrons. The first-order valence-corrected chi connectivity index (χ1v) is 30.4. The summed E-state index contributed by atoms with van der Waals surface area (Å²) in [7, 11) is 0. The predicted molar refractivity (Wildman–Crippen MR) is 291 cm³/mol. The number of aliphatic hydroxyl groups excluding tert-OH is 5. The molecule has 1 amide bonds. The second kappa shape index (κ2) is 50.5. The third-order valence-electron chi connectivity index (χ3n) is 14.9. The lowest BCUT2D eigenvalue weighted by molar-refractivity contribution is -0.302. The second-order valence-corrected chi connectivity index (χ2v) is 21.5. The zero-order valence-electron chi connectivity index (χ0n) is 45.6. The molecular weight excluding hydrogens is 863 g/mol. The average Bonchev–Trinajstić information content (AvgIpc) is 3.35. The van der Waals surface area contributed by atoms with Gasteiger partial charge in [-0.15, -0.1) is 0 Å². The van der Waals surface area contributed by atoms with Crippen molar-refractivity contribution in [1.82, 2.24) is 5.32 Å². The van der Waals surface area contributed by atoms with Crippen LogP contribution in [0.2, 0.25) is 0 Å². The number of aliphatic hydroxyl groups is 5. The van der Waals surface area contributed by atoms with Crippen molar-refractivity contribution in [3.05, 3.63) is 12.2 Å². The molecule has 9 heteroatoms. The smallest absolute Gasteiger partial charge is 0.220 e. The van der Waals surface area contributed by atoms with Gasteiger partial charge in [-0.1, -0.05) is 296 Å². The summed E-state index contributed by atoms with van der Waals surface area (Å²) in [6.45, 7) is 3.82. The molecule has 0 aliphatic carbocycles. The van der Waals surface area contributed by atoms with Crippen molar-refractivity contribution < 1.29 is 39.8 Å². The van der Waals surface area contributed by atoms with Gasteiger partial charge in [0, 0.05) is 6.42 Å². The Balaban J connectivity index is 2.11. The molecule has 1 aliphatic heterocycles. The first-order chi connectivity index (χ1) is 33.8. The van der Waals surface area contributed by atoms with Gasteiger partial charge in [0.05, 0.1) is 25.4 Å². The van der Waals surface area contributed by atoms with Crippen molar-refractivity contribution in [2.75, 3.05) is 13.2 Å². The molecule has 1 rings (SSSR count). The number of hydrogen-bond acceptors (Lipinski definition) is 8. The zero-order valence-corrected chi connectivity index (χ0v) is 45.6. The first-order valence-electron chi connectivity index (χ1n) is 30.4. The minimum atomic E-state index is -1.56. The van der Waals surface area contributed by atoms with Crippen LogP contribution in [-0.2, 0) is 14.3 Å². The molecule has 6 N–H and O–H groups in total. The molecule has 0 aromatic heterocycles. The van der Waals surface area contributed by atoms with Gasteiger partial charge in [0.1, 0.15) is 24.4 Å². The maximum atomic E-state index is 13.1. The van der Waals surface area contributed by atoms with E-state index in [1.807, 2.05) is 6.08 Å². The van der Waals surface area contributed by atoms with E-state index in [-0.39, 0.29) is 12.5 Å². The van der Waals surface area contributed by atoms with Crippen LogP contribution in [0.4, 0.5) is 0 Å². The number of nitrogens with one attached hydrogen (secondary N) is 1. The fraction of sp³-hybridized carbons (Fsp3) is 0.950. The Morgan fingerprint density at radius 3 is 1.13 bits per heavy atom. The normalized spacial score (nSPS) is 19.4. The van der Waals surface area contributed by atoms with Gasteiger partial charge >= 0.3 is 0 Å². The molecule has 1 heterocycles. The van der Waals surface area contributed by atoms with Crippen LogP contribution in [0, 0.1) is 0 Å². The van der Waals surface area contributed by atoms with Gasteiger partial charge in [0.2, 0.25) is 5.91 Å². The molecule has 0 spiro atoms. The molecule has 0 saturated carbocycles. The Bertz CT molecular complexity index is 1090. The number of ether oxygens (including phenoxy) is 2. The van der Waals surface area contributed by atoms with Gasteiger partial charge in [-0.25, -0.2) is 0 Å². The molecule has 7 atom stereocenters. The highest BCUT2D eigenvalue weighted by atomic mass is 16.7. The van der Waals surface area contributed by atoms with Crippen molar-refractivity contribution in [2.45, 2.75) is 352 Å². The topological polar surface area (TPSA) is 149 Å². The van der Waals surface area contributed by atoms with Crippen molar-refractivity contribution in [2.24, 2.45) is 0 Å². The van der Waals surface area contributed by atoms with Crippen LogP contribution in [0.5, 0.6) is 0 Å². The van der Waals surface area contributed by atoms with E-state index in [1.165, 1.54) is 250 Å². The van der Waals surface area contributed by atoms with E-state index in [9.17, 15) is 30.3 Å². The number of unbranched alkanes of at least 4 members (excludes halogenated alkanes) is 43. The number of carbonyl (C=O) groups excluding carboxylic acids is 1. The highest BCUT2D eigenvalue weighted by Crippen LogP contribution is 2.23.